The molecule has 0 spiro atoms. The van der Waals surface area contributed by atoms with Gasteiger partial charge in [0.05, 0.1) is 24.4 Å². The van der Waals surface area contributed by atoms with E-state index in [1.165, 1.54) is 0 Å². The molecule has 9 nitrogen and oxygen atoms in total. The van der Waals surface area contributed by atoms with Gasteiger partial charge in [-0.2, -0.15) is 4.98 Å². The van der Waals surface area contributed by atoms with Crippen molar-refractivity contribution in [2.75, 3.05) is 49.4 Å². The Labute approximate surface area is 195 Å². The van der Waals surface area contributed by atoms with E-state index in [-0.39, 0.29) is 17.2 Å². The van der Waals surface area contributed by atoms with Crippen LogP contribution >= 0.6 is 0 Å². The third-order valence-electron chi connectivity index (χ3n) is 5.48. The summed E-state index contributed by atoms with van der Waals surface area (Å²) in [6, 6.07) is 5.11. The zero-order valence-corrected chi connectivity index (χ0v) is 20.7. The lowest BCUT2D eigenvalue weighted by Gasteiger charge is -2.34. The maximum Gasteiger partial charge on any atom is 0.251 e. The third kappa shape index (κ3) is 5.18. The Kier molecular flexibility index (Phi) is 6.53. The summed E-state index contributed by atoms with van der Waals surface area (Å²) in [5.41, 5.74) is 1.21. The molecule has 178 valence electrons. The van der Waals surface area contributed by atoms with Gasteiger partial charge in [-0.1, -0.05) is 20.8 Å². The zero-order valence-electron chi connectivity index (χ0n) is 20.7. The average molecular weight is 455 g/mol. The van der Waals surface area contributed by atoms with Crippen LogP contribution in [0.1, 0.15) is 45.0 Å². The molecule has 0 fully saturated rings. The fraction of sp³-hybridized carbons (Fsp3) is 0.500. The number of anilines is 4. The monoisotopic (exact) mass is 454 g/mol. The molecule has 9 heteroatoms. The maximum absolute atomic E-state index is 13.1. The Morgan fingerprint density at radius 2 is 1.97 bits per heavy atom. The smallest absolute Gasteiger partial charge is 0.251 e. The molecule has 0 saturated carbocycles. The van der Waals surface area contributed by atoms with Crippen molar-refractivity contribution < 1.29 is 14.3 Å². The van der Waals surface area contributed by atoms with Crippen molar-refractivity contribution in [3.8, 4) is 5.75 Å². The lowest BCUT2D eigenvalue weighted by atomic mass is 9.89. The fourth-order valence-corrected chi connectivity index (χ4v) is 3.98. The quantitative estimate of drug-likeness (QED) is 0.714. The van der Waals surface area contributed by atoms with Crippen molar-refractivity contribution in [1.29, 1.82) is 0 Å². The first kappa shape index (κ1) is 24.3. The molecule has 2 aromatic rings. The first-order valence-electron chi connectivity index (χ1n) is 10.9. The molecule has 1 aromatic heterocycles. The van der Waals surface area contributed by atoms with Crippen LogP contribution in [0.2, 0.25) is 0 Å². The number of ether oxygens (including phenoxy) is 1. The maximum atomic E-state index is 13.1. The standard InChI is InChI=1S/C24H34N6O3/c1-23(2,3)13-30-14-24(4,5)21(32)29(7)17-12-26-22(28-19(17)30)27-16-10-9-15(20(31)25-6)11-18(16)33-8/h9-12H,13-14H2,1-8H3,(H,25,31)(H,26,27,28). The first-order valence-corrected chi connectivity index (χ1v) is 10.9. The number of amides is 2. The number of hydrogen-bond donors (Lipinski definition) is 2. The van der Waals surface area contributed by atoms with E-state index in [9.17, 15) is 9.59 Å². The van der Waals surface area contributed by atoms with E-state index in [0.29, 0.717) is 41.0 Å². The highest BCUT2D eigenvalue weighted by molar-refractivity contribution is 6.00. The highest BCUT2D eigenvalue weighted by Gasteiger charge is 2.39. The Balaban J connectivity index is 2.03. The number of carbonyl (C=O) groups is 2. The molecule has 0 radical (unpaired) electrons. The van der Waals surface area contributed by atoms with E-state index in [2.05, 4.69) is 41.3 Å². The molecule has 0 aliphatic carbocycles. The predicted molar refractivity (Wildman–Crippen MR) is 131 cm³/mol. The molecule has 33 heavy (non-hydrogen) atoms. The van der Waals surface area contributed by atoms with E-state index in [1.807, 2.05) is 13.8 Å². The summed E-state index contributed by atoms with van der Waals surface area (Å²) >= 11 is 0. The van der Waals surface area contributed by atoms with Gasteiger partial charge in [0.15, 0.2) is 5.82 Å². The Morgan fingerprint density at radius 1 is 1.27 bits per heavy atom. The summed E-state index contributed by atoms with van der Waals surface area (Å²) in [6.45, 7) is 11.7. The van der Waals surface area contributed by atoms with Crippen LogP contribution < -0.4 is 25.2 Å². The number of methoxy groups -OCH3 is 1. The predicted octanol–water partition coefficient (Wildman–Crippen LogP) is 3.44. The van der Waals surface area contributed by atoms with Gasteiger partial charge in [0.2, 0.25) is 11.9 Å². The van der Waals surface area contributed by atoms with Gasteiger partial charge in [-0.3, -0.25) is 9.59 Å². The van der Waals surface area contributed by atoms with Gasteiger partial charge in [0.1, 0.15) is 11.4 Å². The number of carbonyl (C=O) groups excluding carboxylic acids is 2. The van der Waals surface area contributed by atoms with E-state index in [1.54, 1.807) is 50.5 Å². The molecule has 2 heterocycles. The van der Waals surface area contributed by atoms with Crippen molar-refractivity contribution in [2.24, 2.45) is 10.8 Å². The summed E-state index contributed by atoms with van der Waals surface area (Å²) in [7, 11) is 4.89. The minimum absolute atomic E-state index is 0.00322. The molecule has 0 atom stereocenters. The Hall–Kier alpha value is -3.36. The molecular formula is C24H34N6O3. The third-order valence-corrected chi connectivity index (χ3v) is 5.48. The van der Waals surface area contributed by atoms with Crippen molar-refractivity contribution in [3.05, 3.63) is 30.0 Å². The largest absolute Gasteiger partial charge is 0.495 e. The fourth-order valence-electron chi connectivity index (χ4n) is 3.98. The van der Waals surface area contributed by atoms with Gasteiger partial charge in [-0.05, 0) is 37.5 Å². The van der Waals surface area contributed by atoms with Crippen molar-refractivity contribution >= 4 is 35.0 Å². The minimum Gasteiger partial charge on any atom is -0.495 e. The zero-order chi connectivity index (χ0) is 24.6. The molecule has 2 amide bonds. The van der Waals surface area contributed by atoms with Crippen LogP contribution in [0.15, 0.2) is 24.4 Å². The Morgan fingerprint density at radius 3 is 2.58 bits per heavy atom. The molecule has 2 N–H and O–H groups in total. The van der Waals surface area contributed by atoms with Gasteiger partial charge in [0.25, 0.3) is 5.91 Å². The van der Waals surface area contributed by atoms with Crippen LogP contribution in [-0.4, -0.2) is 56.1 Å². The summed E-state index contributed by atoms with van der Waals surface area (Å²) in [5.74, 6) is 1.39. The van der Waals surface area contributed by atoms with Crippen LogP contribution in [0.25, 0.3) is 0 Å². The van der Waals surface area contributed by atoms with Crippen LogP contribution in [0, 0.1) is 10.8 Å². The number of benzene rings is 1. The second kappa shape index (κ2) is 8.88. The molecule has 3 rings (SSSR count). The summed E-state index contributed by atoms with van der Waals surface area (Å²) in [6.07, 6.45) is 1.67. The van der Waals surface area contributed by atoms with E-state index in [0.717, 1.165) is 6.54 Å². The van der Waals surface area contributed by atoms with Crippen LogP contribution in [0.4, 0.5) is 23.1 Å². The summed E-state index contributed by atoms with van der Waals surface area (Å²) < 4.78 is 5.47. The number of hydrogen-bond acceptors (Lipinski definition) is 7. The lowest BCUT2D eigenvalue weighted by Crippen LogP contribution is -2.44. The van der Waals surface area contributed by atoms with Gasteiger partial charge in [-0.15, -0.1) is 0 Å². The highest BCUT2D eigenvalue weighted by Crippen LogP contribution is 2.38. The van der Waals surface area contributed by atoms with Crippen molar-refractivity contribution in [1.82, 2.24) is 15.3 Å². The van der Waals surface area contributed by atoms with E-state index in [4.69, 9.17) is 9.72 Å². The van der Waals surface area contributed by atoms with Crippen molar-refractivity contribution in [3.63, 3.8) is 0 Å². The molecular weight excluding hydrogens is 420 g/mol. The molecule has 0 bridgehead atoms. The number of rotatable bonds is 5. The number of nitrogens with one attached hydrogen (secondary N) is 2. The SMILES string of the molecule is CNC(=O)c1ccc(Nc2ncc3c(n2)N(CC(C)(C)C)CC(C)(C)C(=O)N3C)c(OC)c1. The van der Waals surface area contributed by atoms with Crippen LogP contribution in [-0.2, 0) is 4.79 Å². The highest BCUT2D eigenvalue weighted by atomic mass is 16.5. The van der Waals surface area contributed by atoms with Gasteiger partial charge in [0, 0.05) is 32.7 Å². The van der Waals surface area contributed by atoms with E-state index >= 15 is 0 Å². The molecule has 0 unspecified atom stereocenters. The molecule has 1 aromatic carbocycles. The minimum atomic E-state index is -0.576. The first-order chi connectivity index (χ1) is 15.4. The average Bonchev–Trinajstić information content (AvgIpc) is 2.81. The summed E-state index contributed by atoms with van der Waals surface area (Å²) in [5, 5.41) is 5.80. The Bertz CT molecular complexity index is 1060. The normalized spacial score (nSPS) is 15.6. The molecule has 1 aliphatic heterocycles. The van der Waals surface area contributed by atoms with Gasteiger partial charge in [-0.25, -0.2) is 4.98 Å². The second-order valence-corrected chi connectivity index (χ2v) is 10.2. The number of aromatic nitrogens is 2. The second-order valence-electron chi connectivity index (χ2n) is 10.2. The molecule has 1 aliphatic rings. The lowest BCUT2D eigenvalue weighted by molar-refractivity contribution is -0.125. The number of nitrogens with zero attached hydrogens (tertiary/aromatic N) is 4. The van der Waals surface area contributed by atoms with Crippen LogP contribution in [0.3, 0.4) is 0 Å². The molecule has 0 saturated heterocycles. The summed E-state index contributed by atoms with van der Waals surface area (Å²) in [4.78, 5) is 38.1. The number of fused-ring (bicyclic) bond motifs is 1. The topological polar surface area (TPSA) is 99.7 Å². The van der Waals surface area contributed by atoms with Gasteiger partial charge < -0.3 is 25.2 Å². The van der Waals surface area contributed by atoms with Crippen LogP contribution in [0.5, 0.6) is 5.75 Å². The van der Waals surface area contributed by atoms with E-state index < -0.39 is 5.41 Å². The van der Waals surface area contributed by atoms with Crippen molar-refractivity contribution in [2.45, 2.75) is 34.6 Å². The van der Waals surface area contributed by atoms with Gasteiger partial charge >= 0.3 is 0 Å².